The van der Waals surface area contributed by atoms with Crippen LogP contribution in [0.3, 0.4) is 0 Å². The monoisotopic (exact) mass is 372 g/mol. The maximum atomic E-state index is 12.8. The van der Waals surface area contributed by atoms with Gasteiger partial charge in [0.15, 0.2) is 0 Å². The summed E-state index contributed by atoms with van der Waals surface area (Å²) >= 11 is 0. The third-order valence-electron chi connectivity index (χ3n) is 6.20. The molecular weight excluding hydrogens is 344 g/mol. The van der Waals surface area contributed by atoms with Gasteiger partial charge in [-0.15, -0.1) is 0 Å². The number of anilines is 1. The number of nitrogens with one attached hydrogen (secondary N) is 1. The molecule has 0 aromatic heterocycles. The van der Waals surface area contributed by atoms with Crippen molar-refractivity contribution in [1.82, 2.24) is 4.90 Å². The lowest BCUT2D eigenvalue weighted by Gasteiger charge is -2.31. The molecule has 1 aromatic rings. The van der Waals surface area contributed by atoms with Gasteiger partial charge in [-0.05, 0) is 36.5 Å². The Balaban J connectivity index is 1.68. The molecule has 1 aromatic carbocycles. The van der Waals surface area contributed by atoms with Crippen molar-refractivity contribution >= 4 is 23.5 Å². The standard InChI is InChI=1S/C21H28N2O4/c1-21(2)16(17(21)20(26)27)18(24)22-14-9-7-8-13(12-14)19(25)23(3)15-10-5-4-6-11-15/h7-9,12,15-17H,4-6,10-11H2,1-3H3,(H,22,24)(H,26,27)/t16-,17+/m0/s1. The van der Waals surface area contributed by atoms with Crippen LogP contribution in [-0.2, 0) is 9.59 Å². The molecule has 0 spiro atoms. The highest BCUT2D eigenvalue weighted by atomic mass is 16.4. The number of aliphatic carboxylic acids is 1. The number of nitrogens with zero attached hydrogens (tertiary/aromatic N) is 1. The second-order valence-electron chi connectivity index (χ2n) is 8.39. The number of carboxylic acids is 1. The van der Waals surface area contributed by atoms with Crippen molar-refractivity contribution in [1.29, 1.82) is 0 Å². The molecule has 0 unspecified atom stereocenters. The summed E-state index contributed by atoms with van der Waals surface area (Å²) in [5, 5.41) is 12.0. The molecule has 2 aliphatic carbocycles. The van der Waals surface area contributed by atoms with Crippen LogP contribution in [0.25, 0.3) is 0 Å². The van der Waals surface area contributed by atoms with E-state index in [-0.39, 0.29) is 17.9 Å². The lowest BCUT2D eigenvalue weighted by molar-refractivity contribution is -0.140. The molecule has 2 atom stereocenters. The van der Waals surface area contributed by atoms with Crippen molar-refractivity contribution in [2.75, 3.05) is 12.4 Å². The second-order valence-corrected chi connectivity index (χ2v) is 8.39. The summed E-state index contributed by atoms with van der Waals surface area (Å²) in [4.78, 5) is 38.4. The molecule has 2 amide bonds. The first-order valence-corrected chi connectivity index (χ1v) is 9.64. The molecular formula is C21H28N2O4. The number of rotatable bonds is 5. The molecule has 6 nitrogen and oxygen atoms in total. The highest BCUT2D eigenvalue weighted by Gasteiger charge is 2.65. The fraction of sp³-hybridized carbons (Fsp3) is 0.571. The molecule has 0 bridgehead atoms. The van der Waals surface area contributed by atoms with Crippen molar-refractivity contribution in [3.63, 3.8) is 0 Å². The molecule has 3 rings (SSSR count). The summed E-state index contributed by atoms with van der Waals surface area (Å²) in [5.41, 5.74) is 0.505. The fourth-order valence-corrected chi connectivity index (χ4v) is 4.38. The van der Waals surface area contributed by atoms with Gasteiger partial charge in [-0.3, -0.25) is 14.4 Å². The summed E-state index contributed by atoms with van der Waals surface area (Å²) < 4.78 is 0. The van der Waals surface area contributed by atoms with E-state index in [0.717, 1.165) is 25.7 Å². The number of benzene rings is 1. The Kier molecular flexibility index (Phi) is 5.27. The second kappa shape index (κ2) is 7.33. The Morgan fingerprint density at radius 2 is 1.78 bits per heavy atom. The van der Waals surface area contributed by atoms with E-state index in [2.05, 4.69) is 5.32 Å². The van der Waals surface area contributed by atoms with Crippen LogP contribution < -0.4 is 5.32 Å². The number of hydrogen-bond acceptors (Lipinski definition) is 3. The first kappa shape index (κ1) is 19.4. The van der Waals surface area contributed by atoms with Gasteiger partial charge in [-0.25, -0.2) is 0 Å². The van der Waals surface area contributed by atoms with Crippen molar-refractivity contribution in [2.45, 2.75) is 52.0 Å². The number of carboxylic acid groups (broad SMARTS) is 1. The molecule has 2 fully saturated rings. The summed E-state index contributed by atoms with van der Waals surface area (Å²) in [6.07, 6.45) is 5.60. The minimum atomic E-state index is -0.946. The van der Waals surface area contributed by atoms with Gasteiger partial charge in [-0.1, -0.05) is 39.2 Å². The normalized spacial score (nSPS) is 24.1. The van der Waals surface area contributed by atoms with Crippen molar-refractivity contribution in [3.8, 4) is 0 Å². The summed E-state index contributed by atoms with van der Waals surface area (Å²) in [7, 11) is 1.84. The third kappa shape index (κ3) is 3.84. The third-order valence-corrected chi connectivity index (χ3v) is 6.20. The zero-order chi connectivity index (χ0) is 19.8. The Hall–Kier alpha value is -2.37. The molecule has 6 heteroatoms. The van der Waals surface area contributed by atoms with E-state index >= 15 is 0 Å². The summed E-state index contributed by atoms with van der Waals surface area (Å²) in [6.45, 7) is 3.57. The zero-order valence-corrected chi connectivity index (χ0v) is 16.2. The first-order chi connectivity index (χ1) is 12.7. The quantitative estimate of drug-likeness (QED) is 0.829. The van der Waals surface area contributed by atoms with Crippen LogP contribution in [0.1, 0.15) is 56.3 Å². The van der Waals surface area contributed by atoms with E-state index in [4.69, 9.17) is 0 Å². The molecule has 27 heavy (non-hydrogen) atoms. The van der Waals surface area contributed by atoms with Gasteiger partial charge in [0.25, 0.3) is 5.91 Å². The van der Waals surface area contributed by atoms with Crippen molar-refractivity contribution in [2.24, 2.45) is 17.3 Å². The molecule has 0 radical (unpaired) electrons. The minimum absolute atomic E-state index is 0.0480. The zero-order valence-electron chi connectivity index (χ0n) is 16.2. The number of carbonyl (C=O) groups excluding carboxylic acids is 2. The molecule has 146 valence electrons. The molecule has 0 heterocycles. The van der Waals surface area contributed by atoms with Gasteiger partial charge >= 0.3 is 5.97 Å². The van der Waals surface area contributed by atoms with E-state index in [1.807, 2.05) is 11.9 Å². The van der Waals surface area contributed by atoms with Gasteiger partial charge < -0.3 is 15.3 Å². The number of amides is 2. The molecule has 2 saturated carbocycles. The van der Waals surface area contributed by atoms with E-state index < -0.39 is 23.2 Å². The van der Waals surface area contributed by atoms with Gasteiger partial charge in [0.1, 0.15) is 0 Å². The van der Waals surface area contributed by atoms with Crippen molar-refractivity contribution < 1.29 is 19.5 Å². The van der Waals surface area contributed by atoms with Crippen LogP contribution in [0.4, 0.5) is 5.69 Å². The Morgan fingerprint density at radius 3 is 2.37 bits per heavy atom. The molecule has 0 saturated heterocycles. The fourth-order valence-electron chi connectivity index (χ4n) is 4.38. The molecule has 0 aliphatic heterocycles. The van der Waals surface area contributed by atoms with E-state index in [1.54, 1.807) is 38.1 Å². The SMILES string of the molecule is CN(C(=O)c1cccc(NC(=O)[C@@H]2[C@H](C(=O)O)C2(C)C)c1)C1CCCCC1. The largest absolute Gasteiger partial charge is 0.481 e. The van der Waals surface area contributed by atoms with Crippen LogP contribution in [0.5, 0.6) is 0 Å². The van der Waals surface area contributed by atoms with Crippen LogP contribution >= 0.6 is 0 Å². The highest BCUT2D eigenvalue weighted by molar-refractivity contribution is 6.01. The topological polar surface area (TPSA) is 86.7 Å². The Labute approximate surface area is 159 Å². The smallest absolute Gasteiger partial charge is 0.307 e. The van der Waals surface area contributed by atoms with Gasteiger partial charge in [0, 0.05) is 24.3 Å². The van der Waals surface area contributed by atoms with Crippen LogP contribution in [0.2, 0.25) is 0 Å². The predicted octanol–water partition coefficient (Wildman–Crippen LogP) is 3.39. The average molecular weight is 372 g/mol. The maximum Gasteiger partial charge on any atom is 0.307 e. The lowest BCUT2D eigenvalue weighted by Crippen LogP contribution is -2.38. The summed E-state index contributed by atoms with van der Waals surface area (Å²) in [5.74, 6) is -2.52. The van der Waals surface area contributed by atoms with Crippen molar-refractivity contribution in [3.05, 3.63) is 29.8 Å². The van der Waals surface area contributed by atoms with Crippen LogP contribution in [0.15, 0.2) is 24.3 Å². The first-order valence-electron chi connectivity index (χ1n) is 9.64. The molecule has 2 N–H and O–H groups in total. The van der Waals surface area contributed by atoms with E-state index in [9.17, 15) is 19.5 Å². The number of carbonyl (C=O) groups is 3. The number of hydrogen-bond donors (Lipinski definition) is 2. The van der Waals surface area contributed by atoms with Crippen LogP contribution in [-0.4, -0.2) is 40.9 Å². The predicted molar refractivity (Wildman–Crippen MR) is 102 cm³/mol. The van der Waals surface area contributed by atoms with Gasteiger partial charge in [0.05, 0.1) is 11.8 Å². The average Bonchev–Trinajstić information content (AvgIpc) is 3.24. The Morgan fingerprint density at radius 1 is 1.11 bits per heavy atom. The maximum absolute atomic E-state index is 12.8. The van der Waals surface area contributed by atoms with Crippen LogP contribution in [0, 0.1) is 17.3 Å². The van der Waals surface area contributed by atoms with Gasteiger partial charge in [-0.2, -0.15) is 0 Å². The van der Waals surface area contributed by atoms with Gasteiger partial charge in [0.2, 0.25) is 5.91 Å². The van der Waals surface area contributed by atoms with E-state index in [0.29, 0.717) is 11.3 Å². The highest BCUT2D eigenvalue weighted by Crippen LogP contribution is 2.58. The summed E-state index contributed by atoms with van der Waals surface area (Å²) in [6, 6.07) is 7.15. The lowest BCUT2D eigenvalue weighted by atomic mass is 9.94. The Bertz CT molecular complexity index is 752. The molecule has 2 aliphatic rings. The van der Waals surface area contributed by atoms with E-state index in [1.165, 1.54) is 6.42 Å². The minimum Gasteiger partial charge on any atom is -0.481 e.